The van der Waals surface area contributed by atoms with Gasteiger partial charge in [-0.25, -0.2) is 9.97 Å². The third-order valence-corrected chi connectivity index (χ3v) is 4.39. The van der Waals surface area contributed by atoms with Gasteiger partial charge in [0.05, 0.1) is 11.6 Å². The van der Waals surface area contributed by atoms with Crippen LogP contribution >= 0.6 is 11.6 Å². The molecule has 1 saturated heterocycles. The fraction of sp³-hybridized carbons (Fsp3) is 0.643. The Kier molecular flexibility index (Phi) is 3.78. The number of carbonyl (C=O) groups excluding carboxylic acids is 1. The Morgan fingerprint density at radius 1 is 1.35 bits per heavy atom. The standard InChI is InChI=1S/C14H19ClN4O/c1-16-13(20)9-4-3-7-19(8-9)12-10-5-2-6-11(10)17-14(15)18-12/h9H,2-8H2,1H3,(H,16,20). The molecular formula is C14H19ClN4O. The summed E-state index contributed by atoms with van der Waals surface area (Å²) in [5.41, 5.74) is 2.31. The Morgan fingerprint density at radius 2 is 2.20 bits per heavy atom. The van der Waals surface area contributed by atoms with Crippen LogP contribution in [0, 0.1) is 5.92 Å². The van der Waals surface area contributed by atoms with Gasteiger partial charge < -0.3 is 10.2 Å². The largest absolute Gasteiger partial charge is 0.359 e. The van der Waals surface area contributed by atoms with Gasteiger partial charge in [-0.05, 0) is 43.7 Å². The van der Waals surface area contributed by atoms with Crippen LogP contribution in [0.5, 0.6) is 0 Å². The summed E-state index contributed by atoms with van der Waals surface area (Å²) in [7, 11) is 1.69. The van der Waals surface area contributed by atoms with E-state index >= 15 is 0 Å². The van der Waals surface area contributed by atoms with Crippen molar-refractivity contribution in [3.8, 4) is 0 Å². The highest BCUT2D eigenvalue weighted by Gasteiger charge is 2.29. The molecule has 20 heavy (non-hydrogen) atoms. The van der Waals surface area contributed by atoms with E-state index in [1.807, 2.05) is 0 Å². The Hall–Kier alpha value is -1.36. The number of rotatable bonds is 2. The van der Waals surface area contributed by atoms with Crippen LogP contribution in [0.25, 0.3) is 0 Å². The van der Waals surface area contributed by atoms with Crippen LogP contribution in [0.4, 0.5) is 5.82 Å². The second-order valence-electron chi connectivity index (χ2n) is 5.49. The van der Waals surface area contributed by atoms with Gasteiger partial charge in [0.15, 0.2) is 0 Å². The zero-order chi connectivity index (χ0) is 14.1. The maximum atomic E-state index is 11.8. The molecule has 0 spiro atoms. The minimum atomic E-state index is 0.0412. The molecule has 6 heteroatoms. The molecule has 1 aromatic rings. The summed E-state index contributed by atoms with van der Waals surface area (Å²) in [5.74, 6) is 1.11. The molecule has 1 aromatic heterocycles. The van der Waals surface area contributed by atoms with Crippen LogP contribution in [0.1, 0.15) is 30.5 Å². The number of halogens is 1. The SMILES string of the molecule is CNC(=O)C1CCCN(c2nc(Cl)nc3c2CCC3)C1. The van der Waals surface area contributed by atoms with Crippen molar-refractivity contribution in [1.82, 2.24) is 15.3 Å². The van der Waals surface area contributed by atoms with Gasteiger partial charge in [-0.1, -0.05) is 0 Å². The third-order valence-electron chi connectivity index (χ3n) is 4.22. The van der Waals surface area contributed by atoms with Crippen molar-refractivity contribution in [2.75, 3.05) is 25.0 Å². The lowest BCUT2D eigenvalue weighted by Crippen LogP contribution is -2.43. The van der Waals surface area contributed by atoms with Gasteiger partial charge in [0.2, 0.25) is 11.2 Å². The molecule has 0 bridgehead atoms. The maximum Gasteiger partial charge on any atom is 0.224 e. The molecule has 0 aromatic carbocycles. The first-order valence-electron chi connectivity index (χ1n) is 7.21. The Bertz CT molecular complexity index is 534. The van der Waals surface area contributed by atoms with E-state index < -0.39 is 0 Å². The van der Waals surface area contributed by atoms with Gasteiger partial charge in [0.1, 0.15) is 5.82 Å². The number of hydrogen-bond donors (Lipinski definition) is 1. The number of anilines is 1. The van der Waals surface area contributed by atoms with Gasteiger partial charge in [-0.15, -0.1) is 0 Å². The molecule has 1 atom stereocenters. The molecule has 1 unspecified atom stereocenters. The lowest BCUT2D eigenvalue weighted by molar-refractivity contribution is -0.124. The van der Waals surface area contributed by atoms with E-state index in [2.05, 4.69) is 20.2 Å². The summed E-state index contributed by atoms with van der Waals surface area (Å²) in [4.78, 5) is 22.8. The van der Waals surface area contributed by atoms with Crippen molar-refractivity contribution >= 4 is 23.3 Å². The smallest absolute Gasteiger partial charge is 0.224 e. The minimum absolute atomic E-state index is 0.0412. The highest BCUT2D eigenvalue weighted by molar-refractivity contribution is 6.28. The summed E-state index contributed by atoms with van der Waals surface area (Å²) in [5, 5.41) is 3.07. The van der Waals surface area contributed by atoms with Crippen LogP contribution in [0.2, 0.25) is 5.28 Å². The summed E-state index contributed by atoms with van der Waals surface area (Å²) in [6.07, 6.45) is 5.07. The molecule has 1 fully saturated rings. The van der Waals surface area contributed by atoms with Gasteiger partial charge in [-0.2, -0.15) is 0 Å². The molecule has 0 saturated carbocycles. The van der Waals surface area contributed by atoms with E-state index in [-0.39, 0.29) is 11.8 Å². The van der Waals surface area contributed by atoms with E-state index in [9.17, 15) is 4.79 Å². The van der Waals surface area contributed by atoms with Crippen molar-refractivity contribution in [3.05, 3.63) is 16.5 Å². The number of piperidine rings is 1. The number of aryl methyl sites for hydroxylation is 1. The fourth-order valence-electron chi connectivity index (χ4n) is 3.23. The zero-order valence-corrected chi connectivity index (χ0v) is 12.4. The number of carbonyl (C=O) groups is 1. The molecule has 5 nitrogen and oxygen atoms in total. The number of hydrogen-bond acceptors (Lipinski definition) is 4. The highest BCUT2D eigenvalue weighted by Crippen LogP contribution is 2.32. The van der Waals surface area contributed by atoms with Crippen molar-refractivity contribution in [2.24, 2.45) is 5.92 Å². The van der Waals surface area contributed by atoms with E-state index in [0.29, 0.717) is 5.28 Å². The second kappa shape index (κ2) is 5.56. The maximum absolute atomic E-state index is 11.8. The fourth-order valence-corrected chi connectivity index (χ4v) is 3.41. The van der Waals surface area contributed by atoms with E-state index in [4.69, 9.17) is 11.6 Å². The molecule has 0 radical (unpaired) electrons. The van der Waals surface area contributed by atoms with Crippen LogP contribution < -0.4 is 10.2 Å². The molecule has 1 aliphatic carbocycles. The van der Waals surface area contributed by atoms with E-state index in [1.54, 1.807) is 7.05 Å². The molecule has 2 heterocycles. The predicted molar refractivity (Wildman–Crippen MR) is 78.1 cm³/mol. The number of fused-ring (bicyclic) bond motifs is 1. The molecule has 3 rings (SSSR count). The van der Waals surface area contributed by atoms with E-state index in [1.165, 1.54) is 5.56 Å². The predicted octanol–water partition coefficient (Wildman–Crippen LogP) is 1.58. The average molecular weight is 295 g/mol. The average Bonchev–Trinajstić information content (AvgIpc) is 2.93. The van der Waals surface area contributed by atoms with Crippen molar-refractivity contribution in [3.63, 3.8) is 0 Å². The van der Waals surface area contributed by atoms with Crippen LogP contribution in [-0.4, -0.2) is 36.0 Å². The van der Waals surface area contributed by atoms with Gasteiger partial charge in [0.25, 0.3) is 0 Å². The molecule has 1 aliphatic heterocycles. The molecule has 1 amide bonds. The van der Waals surface area contributed by atoms with Gasteiger partial charge in [-0.3, -0.25) is 4.79 Å². The number of amides is 1. The lowest BCUT2D eigenvalue weighted by Gasteiger charge is -2.33. The summed E-state index contributed by atoms with van der Waals surface area (Å²) < 4.78 is 0. The highest BCUT2D eigenvalue weighted by atomic mass is 35.5. The van der Waals surface area contributed by atoms with Crippen molar-refractivity contribution in [1.29, 1.82) is 0 Å². The number of nitrogens with one attached hydrogen (secondary N) is 1. The number of aromatic nitrogens is 2. The summed E-state index contributed by atoms with van der Waals surface area (Å²) in [6.45, 7) is 1.66. The molecule has 108 valence electrons. The lowest BCUT2D eigenvalue weighted by atomic mass is 9.97. The summed E-state index contributed by atoms with van der Waals surface area (Å²) in [6, 6.07) is 0. The summed E-state index contributed by atoms with van der Waals surface area (Å²) >= 11 is 6.05. The first-order valence-corrected chi connectivity index (χ1v) is 7.58. The van der Waals surface area contributed by atoms with Gasteiger partial charge in [0, 0.05) is 25.7 Å². The third kappa shape index (κ3) is 2.46. The van der Waals surface area contributed by atoms with Crippen LogP contribution in [-0.2, 0) is 17.6 Å². The van der Waals surface area contributed by atoms with Crippen LogP contribution in [0.15, 0.2) is 0 Å². The molecule has 2 aliphatic rings. The minimum Gasteiger partial charge on any atom is -0.359 e. The Balaban J connectivity index is 1.87. The molecule has 1 N–H and O–H groups in total. The quantitative estimate of drug-likeness (QED) is 0.842. The van der Waals surface area contributed by atoms with Crippen LogP contribution in [0.3, 0.4) is 0 Å². The second-order valence-corrected chi connectivity index (χ2v) is 5.83. The number of nitrogens with zero attached hydrogens (tertiary/aromatic N) is 3. The normalized spacial score (nSPS) is 21.7. The van der Waals surface area contributed by atoms with Gasteiger partial charge >= 0.3 is 0 Å². The Labute approximate surface area is 123 Å². The first kappa shape index (κ1) is 13.6. The monoisotopic (exact) mass is 294 g/mol. The topological polar surface area (TPSA) is 58.1 Å². The van der Waals surface area contributed by atoms with E-state index in [0.717, 1.165) is 56.7 Å². The zero-order valence-electron chi connectivity index (χ0n) is 11.7. The molecular weight excluding hydrogens is 276 g/mol. The first-order chi connectivity index (χ1) is 9.69. The Morgan fingerprint density at radius 3 is 3.00 bits per heavy atom. The van der Waals surface area contributed by atoms with Crippen molar-refractivity contribution < 1.29 is 4.79 Å². The van der Waals surface area contributed by atoms with Crippen molar-refractivity contribution in [2.45, 2.75) is 32.1 Å².